The lowest BCUT2D eigenvalue weighted by atomic mass is 10.3. The van der Waals surface area contributed by atoms with Crippen LogP contribution in [0.1, 0.15) is 0 Å². The second kappa shape index (κ2) is 2.50. The van der Waals surface area contributed by atoms with Crippen LogP contribution in [-0.2, 0) is 0 Å². The predicted molar refractivity (Wildman–Crippen MR) is 46.7 cm³/mol. The minimum atomic E-state index is 0.640. The number of oxazole rings is 1. The van der Waals surface area contributed by atoms with Crippen molar-refractivity contribution >= 4 is 38.6 Å². The lowest BCUT2D eigenvalue weighted by Gasteiger charge is -1.91. The van der Waals surface area contributed by atoms with E-state index in [4.69, 9.17) is 16.0 Å². The van der Waals surface area contributed by atoms with Gasteiger partial charge in [-0.05, 0) is 22.0 Å². The van der Waals surface area contributed by atoms with Gasteiger partial charge in [-0.2, -0.15) is 0 Å². The summed E-state index contributed by atoms with van der Waals surface area (Å²) in [5, 5.41) is 0.640. The van der Waals surface area contributed by atoms with Crippen molar-refractivity contribution in [1.29, 1.82) is 0 Å². The fraction of sp³-hybridized carbons (Fsp3) is 0. The molecule has 0 fully saturated rings. The molecule has 2 aromatic rings. The second-order valence-electron chi connectivity index (χ2n) is 2.09. The Bertz CT molecular complexity index is 398. The molecule has 2 nitrogen and oxygen atoms in total. The third-order valence-corrected chi connectivity index (χ3v) is 2.18. The molecule has 0 saturated carbocycles. The molecule has 0 aliphatic carbocycles. The van der Waals surface area contributed by atoms with Gasteiger partial charge in [0.05, 0.1) is 0 Å². The molecule has 56 valence electrons. The van der Waals surface area contributed by atoms with E-state index in [1.807, 2.05) is 0 Å². The quantitative estimate of drug-likeness (QED) is 0.697. The summed E-state index contributed by atoms with van der Waals surface area (Å²) in [5.41, 5.74) is 1.50. The maximum absolute atomic E-state index is 5.76. The molecule has 11 heavy (non-hydrogen) atoms. The summed E-state index contributed by atoms with van der Waals surface area (Å²) in [6, 6.07) is 3.51. The van der Waals surface area contributed by atoms with Gasteiger partial charge in [0, 0.05) is 15.6 Å². The van der Waals surface area contributed by atoms with Crippen molar-refractivity contribution in [2.45, 2.75) is 0 Å². The Morgan fingerprint density at radius 3 is 3.09 bits per heavy atom. The van der Waals surface area contributed by atoms with Crippen LogP contribution < -0.4 is 0 Å². The van der Waals surface area contributed by atoms with Gasteiger partial charge < -0.3 is 4.42 Å². The highest BCUT2D eigenvalue weighted by molar-refractivity contribution is 9.10. The van der Waals surface area contributed by atoms with Gasteiger partial charge in [-0.15, -0.1) is 0 Å². The number of nitrogens with zero attached hydrogens (tertiary/aromatic N) is 1. The van der Waals surface area contributed by atoms with E-state index in [2.05, 4.69) is 20.9 Å². The largest absolute Gasteiger partial charge is 0.443 e. The number of fused-ring (bicyclic) bond motifs is 1. The Hall–Kier alpha value is -0.540. The summed E-state index contributed by atoms with van der Waals surface area (Å²) >= 11 is 9.08. The van der Waals surface area contributed by atoms with Crippen molar-refractivity contribution < 1.29 is 4.42 Å². The van der Waals surface area contributed by atoms with E-state index in [0.29, 0.717) is 10.6 Å². The molecule has 0 radical (unpaired) electrons. The van der Waals surface area contributed by atoms with Crippen LogP contribution in [0.2, 0.25) is 5.02 Å². The van der Waals surface area contributed by atoms with Gasteiger partial charge in [0.25, 0.3) is 0 Å². The Morgan fingerprint density at radius 1 is 1.45 bits per heavy atom. The van der Waals surface area contributed by atoms with Crippen LogP contribution in [0.15, 0.2) is 27.4 Å². The lowest BCUT2D eigenvalue weighted by molar-refractivity contribution is 0.602. The first-order chi connectivity index (χ1) is 5.27. The fourth-order valence-electron chi connectivity index (χ4n) is 0.893. The third kappa shape index (κ3) is 1.14. The smallest absolute Gasteiger partial charge is 0.182 e. The highest BCUT2D eigenvalue weighted by Crippen LogP contribution is 2.26. The first-order valence-corrected chi connectivity index (χ1v) is 4.13. The predicted octanol–water partition coefficient (Wildman–Crippen LogP) is 3.24. The Kier molecular flexibility index (Phi) is 1.62. The fourth-order valence-corrected chi connectivity index (χ4v) is 1.78. The molecule has 0 N–H and O–H groups in total. The van der Waals surface area contributed by atoms with Gasteiger partial charge in [0.2, 0.25) is 0 Å². The summed E-state index contributed by atoms with van der Waals surface area (Å²) in [6.07, 6.45) is 1.39. The molecule has 2 rings (SSSR count). The van der Waals surface area contributed by atoms with E-state index in [9.17, 15) is 0 Å². The third-order valence-electron chi connectivity index (χ3n) is 1.35. The maximum Gasteiger partial charge on any atom is 0.182 e. The molecular weight excluding hydrogens is 229 g/mol. The molecule has 0 atom stereocenters. The van der Waals surface area contributed by atoms with E-state index >= 15 is 0 Å². The van der Waals surface area contributed by atoms with Crippen LogP contribution in [0.3, 0.4) is 0 Å². The van der Waals surface area contributed by atoms with Crippen molar-refractivity contribution in [3.05, 3.63) is 28.0 Å². The van der Waals surface area contributed by atoms with Gasteiger partial charge in [-0.3, -0.25) is 0 Å². The van der Waals surface area contributed by atoms with Gasteiger partial charge >= 0.3 is 0 Å². The first-order valence-electron chi connectivity index (χ1n) is 2.95. The van der Waals surface area contributed by atoms with E-state index < -0.39 is 0 Å². The van der Waals surface area contributed by atoms with Gasteiger partial charge in [0.15, 0.2) is 12.0 Å². The van der Waals surface area contributed by atoms with Crippen molar-refractivity contribution in [2.75, 3.05) is 0 Å². The van der Waals surface area contributed by atoms with Crippen molar-refractivity contribution in [3.8, 4) is 0 Å². The topological polar surface area (TPSA) is 26.0 Å². The van der Waals surface area contributed by atoms with E-state index in [1.54, 1.807) is 12.1 Å². The molecule has 0 saturated heterocycles. The number of benzene rings is 1. The van der Waals surface area contributed by atoms with Crippen LogP contribution in [0, 0.1) is 0 Å². The van der Waals surface area contributed by atoms with Crippen molar-refractivity contribution in [2.24, 2.45) is 0 Å². The molecule has 1 aromatic heterocycles. The average molecular weight is 232 g/mol. The molecule has 1 aromatic carbocycles. The van der Waals surface area contributed by atoms with Crippen LogP contribution in [0.5, 0.6) is 0 Å². The Labute approximate surface area is 76.3 Å². The van der Waals surface area contributed by atoms with Crippen molar-refractivity contribution in [1.82, 2.24) is 4.98 Å². The highest BCUT2D eigenvalue weighted by Gasteiger charge is 2.03. The summed E-state index contributed by atoms with van der Waals surface area (Å²) in [5.74, 6) is 0. The first kappa shape index (κ1) is 7.13. The number of halogens is 2. The molecule has 0 unspecified atom stereocenters. The van der Waals surface area contributed by atoms with Crippen LogP contribution >= 0.6 is 27.5 Å². The monoisotopic (exact) mass is 231 g/mol. The van der Waals surface area contributed by atoms with E-state index in [-0.39, 0.29) is 0 Å². The van der Waals surface area contributed by atoms with Crippen LogP contribution in [-0.4, -0.2) is 4.98 Å². The summed E-state index contributed by atoms with van der Waals surface area (Å²) < 4.78 is 5.91. The SMILES string of the molecule is Clc1cc(Br)c2ncoc2c1. The maximum atomic E-state index is 5.76. The van der Waals surface area contributed by atoms with E-state index in [0.717, 1.165) is 9.99 Å². The zero-order chi connectivity index (χ0) is 7.84. The van der Waals surface area contributed by atoms with E-state index in [1.165, 1.54) is 6.39 Å². The van der Waals surface area contributed by atoms with Gasteiger partial charge in [0.1, 0.15) is 5.52 Å². The second-order valence-corrected chi connectivity index (χ2v) is 3.38. The van der Waals surface area contributed by atoms with Gasteiger partial charge in [-0.25, -0.2) is 4.98 Å². The summed E-state index contributed by atoms with van der Waals surface area (Å²) in [6.45, 7) is 0. The molecule has 0 aliphatic heterocycles. The molecule has 1 heterocycles. The molecule has 0 bridgehead atoms. The molecule has 0 aliphatic rings. The average Bonchev–Trinajstić information content (AvgIpc) is 2.34. The number of hydrogen-bond acceptors (Lipinski definition) is 2. The lowest BCUT2D eigenvalue weighted by Crippen LogP contribution is -1.70. The van der Waals surface area contributed by atoms with Crippen molar-refractivity contribution in [3.63, 3.8) is 0 Å². The summed E-state index contributed by atoms with van der Waals surface area (Å²) in [4.78, 5) is 3.99. The highest BCUT2D eigenvalue weighted by atomic mass is 79.9. The molecule has 4 heteroatoms. The zero-order valence-electron chi connectivity index (χ0n) is 5.34. The van der Waals surface area contributed by atoms with Crippen LogP contribution in [0.4, 0.5) is 0 Å². The number of aromatic nitrogens is 1. The Morgan fingerprint density at radius 2 is 2.27 bits per heavy atom. The minimum absolute atomic E-state index is 0.640. The Balaban J connectivity index is 2.91. The minimum Gasteiger partial charge on any atom is -0.443 e. The van der Waals surface area contributed by atoms with Crippen LogP contribution in [0.25, 0.3) is 11.1 Å². The molecular formula is C7H3BrClNO. The number of hydrogen-bond donors (Lipinski definition) is 0. The standard InChI is InChI=1S/C7H3BrClNO/c8-5-1-4(9)2-6-7(5)10-3-11-6/h1-3H. The normalized spacial score (nSPS) is 10.7. The number of rotatable bonds is 0. The molecule has 0 spiro atoms. The zero-order valence-corrected chi connectivity index (χ0v) is 7.69. The molecule has 0 amide bonds. The summed E-state index contributed by atoms with van der Waals surface area (Å²) in [7, 11) is 0. The van der Waals surface area contributed by atoms with Gasteiger partial charge in [-0.1, -0.05) is 11.6 Å².